The topological polar surface area (TPSA) is 90.5 Å². The van der Waals surface area contributed by atoms with E-state index in [0.29, 0.717) is 37.9 Å². The molecule has 1 rings (SSSR count). The molecule has 0 atom stereocenters. The predicted octanol–water partition coefficient (Wildman–Crippen LogP) is 0.716. The second-order valence-electron chi connectivity index (χ2n) is 3.67. The van der Waals surface area contributed by atoms with Crippen LogP contribution in [0.25, 0.3) is 0 Å². The fourth-order valence-electron chi connectivity index (χ4n) is 1.29. The van der Waals surface area contributed by atoms with Gasteiger partial charge in [0.25, 0.3) is 0 Å². The lowest BCUT2D eigenvalue weighted by molar-refractivity contribution is 0.0536. The molecule has 0 spiro atoms. The number of aromatic nitrogens is 1. The van der Waals surface area contributed by atoms with E-state index in [9.17, 15) is 0 Å². The van der Waals surface area contributed by atoms with E-state index in [1.807, 2.05) is 6.92 Å². The molecule has 0 amide bonds. The van der Waals surface area contributed by atoms with Crippen LogP contribution in [0, 0.1) is 12.3 Å². The number of hydrogen-bond acceptors (Lipinski definition) is 5. The number of nitrogens with two attached hydrogens (primary N) is 1. The third kappa shape index (κ3) is 4.68. The summed E-state index contributed by atoms with van der Waals surface area (Å²) in [5.41, 5.74) is 6.76. The summed E-state index contributed by atoms with van der Waals surface area (Å²) in [4.78, 5) is 4.21. The van der Waals surface area contributed by atoms with Crippen LogP contribution in [0.3, 0.4) is 0 Å². The predicted molar refractivity (Wildman–Crippen MR) is 68.2 cm³/mol. The Hall–Kier alpha value is -1.66. The van der Waals surface area contributed by atoms with Crippen molar-refractivity contribution in [1.82, 2.24) is 4.98 Å². The number of amidine groups is 1. The summed E-state index contributed by atoms with van der Waals surface area (Å²) in [6.07, 6.45) is 0. The highest BCUT2D eigenvalue weighted by atomic mass is 16.5. The van der Waals surface area contributed by atoms with Crippen LogP contribution in [-0.4, -0.2) is 44.4 Å². The summed E-state index contributed by atoms with van der Waals surface area (Å²) >= 11 is 0. The first-order valence-corrected chi connectivity index (χ1v) is 5.66. The highest BCUT2D eigenvalue weighted by molar-refractivity contribution is 5.97. The third-order valence-corrected chi connectivity index (χ3v) is 2.19. The van der Waals surface area contributed by atoms with E-state index < -0.39 is 0 Å². The molecule has 0 aliphatic carbocycles. The van der Waals surface area contributed by atoms with Crippen LogP contribution < -0.4 is 10.5 Å². The van der Waals surface area contributed by atoms with E-state index in [4.69, 9.17) is 25.4 Å². The Bertz CT molecular complexity index is 396. The summed E-state index contributed by atoms with van der Waals surface area (Å²) in [7, 11) is 1.62. The van der Waals surface area contributed by atoms with Gasteiger partial charge >= 0.3 is 0 Å². The van der Waals surface area contributed by atoms with Crippen molar-refractivity contribution in [3.63, 3.8) is 0 Å². The van der Waals surface area contributed by atoms with Gasteiger partial charge in [-0.15, -0.1) is 0 Å². The van der Waals surface area contributed by atoms with Gasteiger partial charge in [0.1, 0.15) is 12.4 Å². The van der Waals surface area contributed by atoms with Gasteiger partial charge in [0.05, 0.1) is 25.4 Å². The van der Waals surface area contributed by atoms with Crippen LogP contribution in [0.1, 0.15) is 11.3 Å². The van der Waals surface area contributed by atoms with Crippen molar-refractivity contribution < 1.29 is 14.2 Å². The van der Waals surface area contributed by atoms with Gasteiger partial charge in [-0.2, -0.15) is 0 Å². The van der Waals surface area contributed by atoms with Gasteiger partial charge in [0.15, 0.2) is 0 Å². The van der Waals surface area contributed by atoms with Gasteiger partial charge in [-0.1, -0.05) is 0 Å². The van der Waals surface area contributed by atoms with Crippen molar-refractivity contribution in [3.05, 3.63) is 23.4 Å². The molecule has 0 unspecified atom stereocenters. The highest BCUT2D eigenvalue weighted by Crippen LogP contribution is 2.15. The second-order valence-corrected chi connectivity index (χ2v) is 3.67. The van der Waals surface area contributed by atoms with Crippen LogP contribution in [0.5, 0.6) is 5.88 Å². The maximum atomic E-state index is 7.43. The molecule has 6 heteroatoms. The quantitative estimate of drug-likeness (QED) is 0.404. The molecule has 3 N–H and O–H groups in total. The fourth-order valence-corrected chi connectivity index (χ4v) is 1.29. The molecule has 100 valence electrons. The largest absolute Gasteiger partial charge is 0.475 e. The highest BCUT2D eigenvalue weighted by Gasteiger charge is 2.08. The van der Waals surface area contributed by atoms with Gasteiger partial charge in [-0.3, -0.25) is 5.41 Å². The van der Waals surface area contributed by atoms with Crippen LogP contribution in [0.4, 0.5) is 0 Å². The number of nitrogen functional groups attached to an aromatic ring is 1. The maximum absolute atomic E-state index is 7.43. The van der Waals surface area contributed by atoms with E-state index in [2.05, 4.69) is 4.98 Å². The molecule has 0 fully saturated rings. The molecule has 1 heterocycles. The first-order valence-electron chi connectivity index (χ1n) is 5.66. The molecule has 0 aliphatic heterocycles. The summed E-state index contributed by atoms with van der Waals surface area (Å²) in [6.45, 7) is 3.74. The van der Waals surface area contributed by atoms with Gasteiger partial charge in [-0.25, -0.2) is 4.98 Å². The van der Waals surface area contributed by atoms with Crippen LogP contribution in [0.15, 0.2) is 12.1 Å². The average molecular weight is 253 g/mol. The molecule has 18 heavy (non-hydrogen) atoms. The Morgan fingerprint density at radius 1 is 1.28 bits per heavy atom. The number of ether oxygens (including phenoxy) is 3. The Balaban J connectivity index is 2.45. The average Bonchev–Trinajstić information content (AvgIpc) is 2.33. The Morgan fingerprint density at radius 2 is 2.00 bits per heavy atom. The van der Waals surface area contributed by atoms with Gasteiger partial charge in [0.2, 0.25) is 5.88 Å². The van der Waals surface area contributed by atoms with E-state index in [1.54, 1.807) is 19.2 Å². The normalized spacial score (nSPS) is 10.3. The van der Waals surface area contributed by atoms with Crippen LogP contribution in [0.2, 0.25) is 0 Å². The Morgan fingerprint density at radius 3 is 2.67 bits per heavy atom. The molecule has 0 aliphatic rings. The Kier molecular flexibility index (Phi) is 6.10. The zero-order chi connectivity index (χ0) is 13.4. The maximum Gasteiger partial charge on any atom is 0.224 e. The summed E-state index contributed by atoms with van der Waals surface area (Å²) in [6, 6.07) is 3.52. The third-order valence-electron chi connectivity index (χ3n) is 2.19. The second kappa shape index (κ2) is 7.62. The molecule has 0 radical (unpaired) electrons. The number of aryl methyl sites for hydroxylation is 1. The molecular weight excluding hydrogens is 234 g/mol. The lowest BCUT2D eigenvalue weighted by Gasteiger charge is -2.10. The van der Waals surface area contributed by atoms with Crippen molar-refractivity contribution in [2.45, 2.75) is 6.92 Å². The molecule has 1 aromatic rings. The SMILES string of the molecule is COCCOCCOc1nc(C)ccc1C(=N)N. The lowest BCUT2D eigenvalue weighted by Crippen LogP contribution is -2.16. The fraction of sp³-hybridized carbons (Fsp3) is 0.500. The monoisotopic (exact) mass is 253 g/mol. The van der Waals surface area contributed by atoms with Crippen LogP contribution in [-0.2, 0) is 9.47 Å². The number of nitrogens with zero attached hydrogens (tertiary/aromatic N) is 1. The summed E-state index contributed by atoms with van der Waals surface area (Å²) in [5.74, 6) is 0.315. The van der Waals surface area contributed by atoms with Crippen molar-refractivity contribution in [2.24, 2.45) is 5.73 Å². The first kappa shape index (κ1) is 14.4. The minimum Gasteiger partial charge on any atom is -0.475 e. The molecule has 6 nitrogen and oxygen atoms in total. The van der Waals surface area contributed by atoms with Crippen molar-refractivity contribution >= 4 is 5.84 Å². The standard InChI is InChI=1S/C12H19N3O3/c1-9-3-4-10(11(13)14)12(15-9)18-8-7-17-6-5-16-2/h3-4H,5-8H2,1-2H3,(H3,13,14). The minimum absolute atomic E-state index is 0.0576. The number of rotatable bonds is 8. The number of methoxy groups -OCH3 is 1. The number of hydrogen-bond donors (Lipinski definition) is 2. The summed E-state index contributed by atoms with van der Waals surface area (Å²) < 4.78 is 15.6. The summed E-state index contributed by atoms with van der Waals surface area (Å²) in [5, 5.41) is 7.43. The minimum atomic E-state index is -0.0576. The molecule has 0 saturated carbocycles. The Labute approximate surface area is 107 Å². The molecule has 0 aromatic carbocycles. The number of pyridine rings is 1. The van der Waals surface area contributed by atoms with Gasteiger partial charge < -0.3 is 19.9 Å². The van der Waals surface area contributed by atoms with Crippen molar-refractivity contribution in [1.29, 1.82) is 5.41 Å². The molecular formula is C12H19N3O3. The lowest BCUT2D eigenvalue weighted by atomic mass is 10.2. The first-order chi connectivity index (χ1) is 8.65. The molecule has 0 bridgehead atoms. The molecule has 1 aromatic heterocycles. The smallest absolute Gasteiger partial charge is 0.224 e. The van der Waals surface area contributed by atoms with E-state index in [0.717, 1.165) is 5.69 Å². The van der Waals surface area contributed by atoms with Crippen molar-refractivity contribution in [2.75, 3.05) is 33.5 Å². The van der Waals surface area contributed by atoms with E-state index in [-0.39, 0.29) is 5.84 Å². The van der Waals surface area contributed by atoms with E-state index >= 15 is 0 Å². The van der Waals surface area contributed by atoms with Crippen molar-refractivity contribution in [3.8, 4) is 5.88 Å². The van der Waals surface area contributed by atoms with E-state index in [1.165, 1.54) is 0 Å². The van der Waals surface area contributed by atoms with Crippen LogP contribution >= 0.6 is 0 Å². The van der Waals surface area contributed by atoms with Gasteiger partial charge in [0, 0.05) is 12.8 Å². The van der Waals surface area contributed by atoms with Gasteiger partial charge in [-0.05, 0) is 19.1 Å². The zero-order valence-corrected chi connectivity index (χ0v) is 10.7. The number of nitrogens with one attached hydrogen (secondary N) is 1. The zero-order valence-electron chi connectivity index (χ0n) is 10.7. The molecule has 0 saturated heterocycles.